The van der Waals surface area contributed by atoms with Crippen molar-refractivity contribution < 1.29 is 0 Å². The van der Waals surface area contributed by atoms with E-state index >= 15 is 0 Å². The van der Waals surface area contributed by atoms with Gasteiger partial charge in [0.15, 0.2) is 0 Å². The van der Waals surface area contributed by atoms with Crippen LogP contribution in [0.5, 0.6) is 0 Å². The summed E-state index contributed by atoms with van der Waals surface area (Å²) in [7, 11) is 0. The van der Waals surface area contributed by atoms with E-state index in [9.17, 15) is 0 Å². The Kier molecular flexibility index (Phi) is 4.66. The Morgan fingerprint density at radius 2 is 1.09 bits per heavy atom. The van der Waals surface area contributed by atoms with Crippen LogP contribution in [0, 0.1) is 48.5 Å². The van der Waals surface area contributed by atoms with Crippen molar-refractivity contribution in [1.82, 2.24) is 0 Å². The molecule has 0 heteroatoms. The molecule has 0 N–H and O–H groups in total. The Bertz CT molecular complexity index is 788. The second kappa shape index (κ2) is 6.20. The molecule has 0 spiro atoms. The molecule has 0 amide bonds. The Balaban J connectivity index is 2.97. The highest BCUT2D eigenvalue weighted by atomic mass is 14.2. The molecule has 0 bridgehead atoms. The van der Waals surface area contributed by atoms with E-state index in [0.29, 0.717) is 0 Å². The number of hydrogen-bond donors (Lipinski definition) is 0. The minimum Gasteiger partial charge on any atom is -0.0984 e. The summed E-state index contributed by atoms with van der Waals surface area (Å²) >= 11 is 0. The third-order valence-corrected chi connectivity index (χ3v) is 5.67. The lowest BCUT2D eigenvalue weighted by molar-refractivity contribution is 1.17. The lowest BCUT2D eigenvalue weighted by Crippen LogP contribution is -2.02. The molecule has 2 rings (SSSR count). The van der Waals surface area contributed by atoms with E-state index in [4.69, 9.17) is 0 Å². The van der Waals surface area contributed by atoms with Crippen molar-refractivity contribution in [3.05, 3.63) is 69.3 Å². The van der Waals surface area contributed by atoms with E-state index in [1.807, 2.05) is 12.2 Å². The first-order valence-corrected chi connectivity index (χ1v) is 8.22. The molecule has 0 aliphatic rings. The maximum absolute atomic E-state index is 3.99. The molecule has 0 heterocycles. The summed E-state index contributed by atoms with van der Waals surface area (Å²) in [6.07, 6.45) is 3.88. The summed E-state index contributed by atoms with van der Waals surface area (Å²) in [5.41, 5.74) is 14.6. The smallest absolute Gasteiger partial charge is 0.0117 e. The molecular weight excluding hydrogens is 276 g/mol. The van der Waals surface area contributed by atoms with Crippen molar-refractivity contribution in [1.29, 1.82) is 0 Å². The zero-order valence-electron chi connectivity index (χ0n) is 15.6. The Morgan fingerprint density at radius 3 is 1.52 bits per heavy atom. The average molecular weight is 304 g/mol. The van der Waals surface area contributed by atoms with Gasteiger partial charge in [0, 0.05) is 0 Å². The van der Waals surface area contributed by atoms with Gasteiger partial charge in [0.05, 0.1) is 0 Å². The number of hydrogen-bond acceptors (Lipinski definition) is 0. The molecule has 2 aromatic carbocycles. The predicted molar refractivity (Wildman–Crippen MR) is 105 cm³/mol. The highest BCUT2D eigenvalue weighted by Gasteiger charge is 2.17. The van der Waals surface area contributed by atoms with Crippen molar-refractivity contribution in [2.75, 3.05) is 0 Å². The van der Waals surface area contributed by atoms with Crippen LogP contribution in [0.2, 0.25) is 0 Å². The second-order valence-electron chi connectivity index (χ2n) is 6.59. The summed E-state index contributed by atoms with van der Waals surface area (Å²) in [5.74, 6) is 0. The molecule has 0 nitrogen and oxygen atoms in total. The zero-order valence-corrected chi connectivity index (χ0v) is 15.6. The molecule has 0 radical (unpaired) electrons. The fourth-order valence-corrected chi connectivity index (χ4v) is 3.57. The van der Waals surface area contributed by atoms with Crippen LogP contribution in [0.4, 0.5) is 0 Å². The van der Waals surface area contributed by atoms with Crippen LogP contribution in [0.1, 0.15) is 50.1 Å². The van der Waals surface area contributed by atoms with E-state index in [-0.39, 0.29) is 0 Å². The van der Waals surface area contributed by atoms with Gasteiger partial charge in [0.2, 0.25) is 0 Å². The van der Waals surface area contributed by atoms with Gasteiger partial charge < -0.3 is 0 Å². The van der Waals surface area contributed by atoms with Crippen LogP contribution < -0.4 is 0 Å². The van der Waals surface area contributed by atoms with Gasteiger partial charge in [-0.3, -0.25) is 0 Å². The van der Waals surface area contributed by atoms with E-state index in [0.717, 1.165) is 5.56 Å². The maximum Gasteiger partial charge on any atom is -0.0117 e. The van der Waals surface area contributed by atoms with Crippen LogP contribution in [0.3, 0.4) is 0 Å². The summed E-state index contributed by atoms with van der Waals surface area (Å²) in [6.45, 7) is 23.5. The topological polar surface area (TPSA) is 0 Å². The fraction of sp³-hybridized carbons (Fsp3) is 0.304. The van der Waals surface area contributed by atoms with Gasteiger partial charge >= 0.3 is 0 Å². The van der Waals surface area contributed by atoms with Crippen molar-refractivity contribution in [3.63, 3.8) is 0 Å². The van der Waals surface area contributed by atoms with Gasteiger partial charge in [0.1, 0.15) is 0 Å². The summed E-state index contributed by atoms with van der Waals surface area (Å²) in [4.78, 5) is 0. The highest BCUT2D eigenvalue weighted by Crippen LogP contribution is 2.38. The molecule has 0 aliphatic carbocycles. The molecular formula is C23H28. The third kappa shape index (κ3) is 2.57. The van der Waals surface area contributed by atoms with Gasteiger partial charge in [-0.1, -0.05) is 25.3 Å². The third-order valence-electron chi connectivity index (χ3n) is 5.67. The van der Waals surface area contributed by atoms with Crippen LogP contribution in [-0.2, 0) is 0 Å². The molecule has 0 fully saturated rings. The lowest BCUT2D eigenvalue weighted by atomic mass is 9.82. The van der Waals surface area contributed by atoms with E-state index in [2.05, 4.69) is 67.7 Å². The molecule has 0 saturated carbocycles. The number of rotatable bonds is 3. The largest absolute Gasteiger partial charge is 0.0984 e. The Labute approximate surface area is 141 Å². The Morgan fingerprint density at radius 1 is 0.609 bits per heavy atom. The molecule has 0 aliphatic heterocycles. The molecule has 120 valence electrons. The molecule has 2 aromatic rings. The predicted octanol–water partition coefficient (Wildman–Crippen LogP) is 6.80. The van der Waals surface area contributed by atoms with Crippen molar-refractivity contribution in [3.8, 4) is 11.1 Å². The van der Waals surface area contributed by atoms with Gasteiger partial charge in [-0.2, -0.15) is 0 Å². The van der Waals surface area contributed by atoms with Crippen LogP contribution in [0.15, 0.2) is 19.2 Å². The minimum absolute atomic E-state index is 1.16. The second-order valence-corrected chi connectivity index (χ2v) is 6.59. The first-order chi connectivity index (χ1) is 10.8. The van der Waals surface area contributed by atoms with Gasteiger partial charge in [-0.25, -0.2) is 0 Å². The summed E-state index contributed by atoms with van der Waals surface area (Å²) in [5, 5.41) is 0. The fourth-order valence-electron chi connectivity index (χ4n) is 3.57. The lowest BCUT2D eigenvalue weighted by Gasteiger charge is -2.22. The average Bonchev–Trinajstić information content (AvgIpc) is 2.54. The molecule has 0 unspecified atom stereocenters. The standard InChI is InChI=1S/C23H28/c1-10-20-12-22(17(7)16(6)21(20)11-2)23-18(8)14(4)13(3)15(5)19(23)9/h10-12H,1-2H2,3-9H3. The van der Waals surface area contributed by atoms with Crippen molar-refractivity contribution in [2.24, 2.45) is 0 Å². The van der Waals surface area contributed by atoms with Gasteiger partial charge in [-0.05, 0) is 116 Å². The van der Waals surface area contributed by atoms with Gasteiger partial charge in [-0.15, -0.1) is 0 Å². The first-order valence-electron chi connectivity index (χ1n) is 8.22. The molecule has 0 atom stereocenters. The Hall–Kier alpha value is -2.08. The van der Waals surface area contributed by atoms with Crippen molar-refractivity contribution >= 4 is 12.2 Å². The monoisotopic (exact) mass is 304 g/mol. The summed E-state index contributed by atoms with van der Waals surface area (Å²) < 4.78 is 0. The molecule has 23 heavy (non-hydrogen) atoms. The van der Waals surface area contributed by atoms with Crippen molar-refractivity contribution in [2.45, 2.75) is 48.5 Å². The van der Waals surface area contributed by atoms with Gasteiger partial charge in [0.25, 0.3) is 0 Å². The normalized spacial score (nSPS) is 10.7. The molecule has 0 aromatic heterocycles. The maximum atomic E-state index is 3.99. The SMILES string of the molecule is C=Cc1cc(-c2c(C)c(C)c(C)c(C)c2C)c(C)c(C)c1C=C. The summed E-state index contributed by atoms with van der Waals surface area (Å²) in [6, 6.07) is 2.27. The molecule has 0 saturated heterocycles. The quantitative estimate of drug-likeness (QED) is 0.585. The zero-order chi connectivity index (χ0) is 17.5. The van der Waals surface area contributed by atoms with Crippen LogP contribution >= 0.6 is 0 Å². The first kappa shape index (κ1) is 17.3. The highest BCUT2D eigenvalue weighted by molar-refractivity contribution is 5.82. The number of benzene rings is 2. The van der Waals surface area contributed by atoms with E-state index in [1.54, 1.807) is 0 Å². The minimum atomic E-state index is 1.16. The van der Waals surface area contributed by atoms with E-state index < -0.39 is 0 Å². The van der Waals surface area contributed by atoms with E-state index in [1.165, 1.54) is 55.6 Å². The van der Waals surface area contributed by atoms with Crippen LogP contribution in [-0.4, -0.2) is 0 Å². The van der Waals surface area contributed by atoms with Crippen LogP contribution in [0.25, 0.3) is 23.3 Å².